The van der Waals surface area contributed by atoms with E-state index in [0.29, 0.717) is 12.8 Å². The molecule has 0 atom stereocenters. The zero-order valence-electron chi connectivity index (χ0n) is 14.1. The van der Waals surface area contributed by atoms with E-state index >= 15 is 0 Å². The lowest BCUT2D eigenvalue weighted by atomic mass is 10.0. The van der Waals surface area contributed by atoms with E-state index in [0.717, 1.165) is 30.8 Å². The van der Waals surface area contributed by atoms with Crippen LogP contribution in [0.25, 0.3) is 10.8 Å². The number of piperidine rings is 1. The van der Waals surface area contributed by atoms with Gasteiger partial charge < -0.3 is 4.90 Å². The smallest absolute Gasteiger partial charge is 0.212 e. The third-order valence-electron chi connectivity index (χ3n) is 4.67. The van der Waals surface area contributed by atoms with Crippen LogP contribution in [-0.4, -0.2) is 50.7 Å². The van der Waals surface area contributed by atoms with Crippen molar-refractivity contribution in [3.8, 4) is 0 Å². The van der Waals surface area contributed by atoms with Gasteiger partial charge in [-0.25, -0.2) is 18.5 Å². The molecule has 0 radical (unpaired) electrons. The lowest BCUT2D eigenvalue weighted by Crippen LogP contribution is -2.41. The van der Waals surface area contributed by atoms with Crippen LogP contribution in [0.15, 0.2) is 30.5 Å². The Morgan fingerprint density at radius 3 is 2.42 bits per heavy atom. The minimum atomic E-state index is -3.42. The van der Waals surface area contributed by atoms with Crippen molar-refractivity contribution in [1.29, 1.82) is 0 Å². The van der Waals surface area contributed by atoms with Crippen molar-refractivity contribution in [2.75, 3.05) is 32.1 Å². The van der Waals surface area contributed by atoms with Crippen molar-refractivity contribution in [1.82, 2.24) is 9.88 Å². The number of sulfonamides is 1. The molecule has 1 aliphatic heterocycles. The fraction of sp³-hybridized carbons (Fsp3) is 0.471. The first kappa shape index (κ1) is 17.1. The summed E-state index contributed by atoms with van der Waals surface area (Å²) in [5, 5.41) is 7.20. The van der Waals surface area contributed by atoms with Crippen LogP contribution in [0.5, 0.6) is 0 Å². The third-order valence-corrected chi connectivity index (χ3v) is 6.07. The summed E-state index contributed by atoms with van der Waals surface area (Å²) in [6.07, 6.45) is 3.13. The predicted octanol–water partition coefficient (Wildman–Crippen LogP) is 1.55. The first-order chi connectivity index (χ1) is 11.4. The molecule has 0 unspecified atom stereocenters. The van der Waals surface area contributed by atoms with Crippen LogP contribution in [0.2, 0.25) is 0 Å². The van der Waals surface area contributed by atoms with Crippen molar-refractivity contribution in [3.05, 3.63) is 36.0 Å². The molecule has 0 saturated carbocycles. The molecule has 3 rings (SSSR count). The van der Waals surface area contributed by atoms with Crippen LogP contribution in [0.1, 0.15) is 18.4 Å². The number of benzene rings is 1. The van der Waals surface area contributed by atoms with E-state index in [-0.39, 0.29) is 0 Å². The van der Waals surface area contributed by atoms with Crippen LogP contribution in [0.3, 0.4) is 0 Å². The van der Waals surface area contributed by atoms with Gasteiger partial charge in [-0.15, -0.1) is 0 Å². The summed E-state index contributed by atoms with van der Waals surface area (Å²) in [6.45, 7) is 2.26. The van der Waals surface area contributed by atoms with Crippen LogP contribution >= 0.6 is 0 Å². The molecule has 7 heteroatoms. The van der Waals surface area contributed by atoms with Gasteiger partial charge in [0.2, 0.25) is 10.0 Å². The molecular weight excluding hydrogens is 324 g/mol. The molecule has 6 nitrogen and oxygen atoms in total. The SMILES string of the molecule is CN(C)c1ncc(CN2CCC(S(N)(=O)=O)CC2)c2ccccc12. The Bertz CT molecular complexity index is 828. The summed E-state index contributed by atoms with van der Waals surface area (Å²) in [7, 11) is 0.569. The first-order valence-corrected chi connectivity index (χ1v) is 9.75. The number of aromatic nitrogens is 1. The molecule has 2 N–H and O–H groups in total. The zero-order chi connectivity index (χ0) is 17.3. The topological polar surface area (TPSA) is 79.5 Å². The predicted molar refractivity (Wildman–Crippen MR) is 97.5 cm³/mol. The molecule has 1 saturated heterocycles. The maximum Gasteiger partial charge on any atom is 0.212 e. The molecule has 24 heavy (non-hydrogen) atoms. The lowest BCUT2D eigenvalue weighted by Gasteiger charge is -2.31. The molecule has 130 valence electrons. The average molecular weight is 348 g/mol. The number of hydrogen-bond donors (Lipinski definition) is 1. The summed E-state index contributed by atoms with van der Waals surface area (Å²) < 4.78 is 22.9. The minimum Gasteiger partial charge on any atom is -0.362 e. The van der Waals surface area contributed by atoms with E-state index in [1.165, 1.54) is 10.9 Å². The van der Waals surface area contributed by atoms with Crippen LogP contribution in [0, 0.1) is 0 Å². The minimum absolute atomic E-state index is 0.403. The molecule has 1 aromatic heterocycles. The van der Waals surface area contributed by atoms with Gasteiger partial charge in [-0.2, -0.15) is 0 Å². The highest BCUT2D eigenvalue weighted by Crippen LogP contribution is 2.27. The van der Waals surface area contributed by atoms with E-state index < -0.39 is 15.3 Å². The number of nitrogens with two attached hydrogens (primary N) is 1. The highest BCUT2D eigenvalue weighted by Gasteiger charge is 2.27. The zero-order valence-corrected chi connectivity index (χ0v) is 15.0. The van der Waals surface area contributed by atoms with Gasteiger partial charge in [-0.3, -0.25) is 4.90 Å². The van der Waals surface area contributed by atoms with Crippen molar-refractivity contribution >= 4 is 26.6 Å². The van der Waals surface area contributed by atoms with Crippen molar-refractivity contribution < 1.29 is 8.42 Å². The van der Waals surface area contributed by atoms with Crippen LogP contribution in [-0.2, 0) is 16.6 Å². The van der Waals surface area contributed by atoms with Crippen LogP contribution < -0.4 is 10.0 Å². The van der Waals surface area contributed by atoms with E-state index in [1.807, 2.05) is 37.3 Å². The Balaban J connectivity index is 1.81. The van der Waals surface area contributed by atoms with Gasteiger partial charge in [0.25, 0.3) is 0 Å². The second kappa shape index (κ2) is 6.66. The Kier molecular flexibility index (Phi) is 4.76. The molecule has 0 bridgehead atoms. The summed E-state index contributed by atoms with van der Waals surface area (Å²) in [5.41, 5.74) is 1.17. The summed E-state index contributed by atoms with van der Waals surface area (Å²) in [6, 6.07) is 8.28. The van der Waals surface area contributed by atoms with E-state index in [1.54, 1.807) is 0 Å². The molecule has 0 spiro atoms. The van der Waals surface area contributed by atoms with Gasteiger partial charge in [0.05, 0.1) is 5.25 Å². The van der Waals surface area contributed by atoms with Crippen molar-refractivity contribution in [2.45, 2.75) is 24.6 Å². The Morgan fingerprint density at radius 2 is 1.83 bits per heavy atom. The Hall–Kier alpha value is -1.70. The van der Waals surface area contributed by atoms with Gasteiger partial charge in [-0.1, -0.05) is 24.3 Å². The van der Waals surface area contributed by atoms with Crippen LogP contribution in [0.4, 0.5) is 5.82 Å². The van der Waals surface area contributed by atoms with Crippen molar-refractivity contribution in [2.24, 2.45) is 5.14 Å². The monoisotopic (exact) mass is 348 g/mol. The molecule has 1 fully saturated rings. The third kappa shape index (κ3) is 3.53. The highest BCUT2D eigenvalue weighted by atomic mass is 32.2. The van der Waals surface area contributed by atoms with Crippen molar-refractivity contribution in [3.63, 3.8) is 0 Å². The molecule has 2 aromatic rings. The number of pyridine rings is 1. The molecule has 1 aromatic carbocycles. The van der Waals surface area contributed by atoms with E-state index in [4.69, 9.17) is 5.14 Å². The fourth-order valence-electron chi connectivity index (χ4n) is 3.36. The average Bonchev–Trinajstić information content (AvgIpc) is 2.54. The number of anilines is 1. The standard InChI is InChI=1S/C17H24N4O2S/c1-20(2)17-16-6-4-3-5-15(16)13(11-19-17)12-21-9-7-14(8-10-21)24(18,22)23/h3-6,11,14H,7-10,12H2,1-2H3,(H2,18,22,23). The largest absolute Gasteiger partial charge is 0.362 e. The Labute approximate surface area is 143 Å². The first-order valence-electron chi connectivity index (χ1n) is 8.14. The van der Waals surface area contributed by atoms with Gasteiger partial charge in [0.1, 0.15) is 5.82 Å². The summed E-state index contributed by atoms with van der Waals surface area (Å²) in [4.78, 5) is 8.91. The molecule has 0 amide bonds. The summed E-state index contributed by atoms with van der Waals surface area (Å²) >= 11 is 0. The number of nitrogens with zero attached hydrogens (tertiary/aromatic N) is 3. The van der Waals surface area contributed by atoms with Gasteiger partial charge in [0.15, 0.2) is 0 Å². The quantitative estimate of drug-likeness (QED) is 0.907. The molecular formula is C17H24N4O2S. The lowest BCUT2D eigenvalue weighted by molar-refractivity contribution is 0.222. The number of likely N-dealkylation sites (tertiary alicyclic amines) is 1. The van der Waals surface area contributed by atoms with Gasteiger partial charge in [0, 0.05) is 32.2 Å². The number of fused-ring (bicyclic) bond motifs is 1. The second-order valence-corrected chi connectivity index (χ2v) is 8.46. The van der Waals surface area contributed by atoms with Gasteiger partial charge in [-0.05, 0) is 36.9 Å². The molecule has 0 aliphatic carbocycles. The van der Waals surface area contributed by atoms with Gasteiger partial charge >= 0.3 is 0 Å². The summed E-state index contributed by atoms with van der Waals surface area (Å²) in [5.74, 6) is 0.960. The maximum atomic E-state index is 11.5. The highest BCUT2D eigenvalue weighted by molar-refractivity contribution is 7.89. The second-order valence-electron chi connectivity index (χ2n) is 6.61. The fourth-order valence-corrected chi connectivity index (χ4v) is 4.22. The van der Waals surface area contributed by atoms with E-state index in [2.05, 4.69) is 22.0 Å². The normalized spacial score (nSPS) is 17.3. The number of hydrogen-bond acceptors (Lipinski definition) is 5. The number of primary sulfonamides is 1. The maximum absolute atomic E-state index is 11.5. The van der Waals surface area contributed by atoms with E-state index in [9.17, 15) is 8.42 Å². The Morgan fingerprint density at radius 1 is 1.21 bits per heavy atom. The molecule has 1 aliphatic rings. The number of rotatable bonds is 4. The molecule has 2 heterocycles.